The molecule has 0 spiro atoms. The van der Waals surface area contributed by atoms with Crippen LogP contribution in [-0.4, -0.2) is 15.2 Å². The number of aliphatic imine (C=N–C) groups is 1. The third-order valence-electron chi connectivity index (χ3n) is 6.18. The van der Waals surface area contributed by atoms with Crippen molar-refractivity contribution in [2.24, 2.45) is 4.99 Å². The molecule has 5 rings (SSSR count). The predicted octanol–water partition coefficient (Wildman–Crippen LogP) is 6.48. The Balaban J connectivity index is 1.53. The van der Waals surface area contributed by atoms with Crippen LogP contribution in [0.5, 0.6) is 0 Å². The van der Waals surface area contributed by atoms with Crippen LogP contribution in [0.3, 0.4) is 0 Å². The van der Waals surface area contributed by atoms with Gasteiger partial charge in [0, 0.05) is 16.8 Å². The number of nitrogens with zero attached hydrogens (tertiary/aromatic N) is 1. The first-order valence-electron chi connectivity index (χ1n) is 9.87. The lowest BCUT2D eigenvalue weighted by Gasteiger charge is -2.16. The zero-order chi connectivity index (χ0) is 19.4. The number of allylic oxidation sites excluding steroid dienone is 5. The van der Waals surface area contributed by atoms with E-state index in [4.69, 9.17) is 4.99 Å². The highest BCUT2D eigenvalue weighted by Crippen LogP contribution is 2.44. The van der Waals surface area contributed by atoms with E-state index in [1.54, 1.807) is 0 Å². The first kappa shape index (κ1) is 17.4. The summed E-state index contributed by atoms with van der Waals surface area (Å²) in [6, 6.07) is 17.5. The van der Waals surface area contributed by atoms with Crippen molar-refractivity contribution in [3.63, 3.8) is 0 Å². The summed E-state index contributed by atoms with van der Waals surface area (Å²) in [5.74, 6) is 0. The van der Waals surface area contributed by atoms with Crippen LogP contribution in [0.4, 0.5) is 0 Å². The van der Waals surface area contributed by atoms with Gasteiger partial charge in [-0.05, 0) is 67.2 Å². The number of hydrogen-bond donors (Lipinski definition) is 0. The molecule has 1 unspecified atom stereocenters. The van der Waals surface area contributed by atoms with Gasteiger partial charge in [-0.3, -0.25) is 4.99 Å². The van der Waals surface area contributed by atoms with Crippen molar-refractivity contribution in [3.8, 4) is 11.1 Å². The molecule has 2 aromatic rings. The fourth-order valence-corrected chi connectivity index (χ4v) is 6.16. The lowest BCUT2D eigenvalue weighted by atomic mass is 9.97. The van der Waals surface area contributed by atoms with Crippen molar-refractivity contribution < 1.29 is 0 Å². The molecular weight excluding hydrogens is 354 g/mol. The summed E-state index contributed by atoms with van der Waals surface area (Å²) in [5.41, 5.74) is 13.9. The molecule has 0 saturated carbocycles. The molecule has 3 aliphatic rings. The van der Waals surface area contributed by atoms with Gasteiger partial charge in [-0.1, -0.05) is 65.4 Å². The van der Waals surface area contributed by atoms with Gasteiger partial charge >= 0.3 is 0 Å². The Labute approximate surface area is 169 Å². The average Bonchev–Trinajstić information content (AvgIpc) is 3.28. The summed E-state index contributed by atoms with van der Waals surface area (Å²) >= 11 is 0. The van der Waals surface area contributed by atoms with Crippen LogP contribution in [0, 0.1) is 0 Å². The van der Waals surface area contributed by atoms with Crippen molar-refractivity contribution in [1.29, 1.82) is 0 Å². The molecule has 0 fully saturated rings. The first-order valence-corrected chi connectivity index (χ1v) is 10.9. The summed E-state index contributed by atoms with van der Waals surface area (Å²) < 4.78 is 0. The van der Waals surface area contributed by atoms with Crippen molar-refractivity contribution in [1.82, 2.24) is 0 Å². The maximum atomic E-state index is 4.78. The standard InChI is InChI=1S/C26H23NSi/c1-15-13-22-20(19-9-6-5-7-10-19)11-8-12-21(22)26(15)28-24-14-23-25(17(24)3)16(2)18(4)27-23/h5-14,26H,1-4H3. The first-order chi connectivity index (χ1) is 13.5. The molecule has 2 heteroatoms. The topological polar surface area (TPSA) is 12.4 Å². The second-order valence-corrected chi connectivity index (χ2v) is 9.31. The minimum atomic E-state index is 0.477. The summed E-state index contributed by atoms with van der Waals surface area (Å²) in [7, 11) is 0.743. The Morgan fingerprint density at radius 1 is 0.821 bits per heavy atom. The van der Waals surface area contributed by atoms with Gasteiger partial charge in [-0.2, -0.15) is 0 Å². The van der Waals surface area contributed by atoms with E-state index in [9.17, 15) is 0 Å². The molecule has 0 aromatic heterocycles. The van der Waals surface area contributed by atoms with E-state index in [2.05, 4.69) is 88.4 Å². The fraction of sp³-hybridized carbons (Fsp3) is 0.192. The molecule has 1 aliphatic heterocycles. The Bertz CT molecular complexity index is 1160. The van der Waals surface area contributed by atoms with E-state index < -0.39 is 0 Å². The van der Waals surface area contributed by atoms with Gasteiger partial charge in [-0.15, -0.1) is 0 Å². The number of rotatable bonds is 3. The Hall–Kier alpha value is -2.71. The monoisotopic (exact) mass is 377 g/mol. The highest BCUT2D eigenvalue weighted by molar-refractivity contribution is 6.50. The highest BCUT2D eigenvalue weighted by Gasteiger charge is 2.31. The maximum Gasteiger partial charge on any atom is 0.0949 e. The van der Waals surface area contributed by atoms with Crippen LogP contribution in [0.25, 0.3) is 17.2 Å². The summed E-state index contributed by atoms with van der Waals surface area (Å²) in [4.78, 5) is 4.78. The van der Waals surface area contributed by atoms with Gasteiger partial charge in [-0.25, -0.2) is 0 Å². The molecule has 1 nitrogen and oxygen atoms in total. The smallest absolute Gasteiger partial charge is 0.0949 e. The van der Waals surface area contributed by atoms with Gasteiger partial charge < -0.3 is 0 Å². The Morgan fingerprint density at radius 3 is 2.36 bits per heavy atom. The largest absolute Gasteiger partial charge is 0.253 e. The van der Waals surface area contributed by atoms with Crippen molar-refractivity contribution in [2.75, 3.05) is 0 Å². The highest BCUT2D eigenvalue weighted by atomic mass is 28.2. The summed E-state index contributed by atoms with van der Waals surface area (Å²) in [6.07, 6.45) is 4.73. The van der Waals surface area contributed by atoms with Gasteiger partial charge in [0.05, 0.1) is 15.2 Å². The van der Waals surface area contributed by atoms with Gasteiger partial charge in [0.15, 0.2) is 0 Å². The van der Waals surface area contributed by atoms with Gasteiger partial charge in [0.2, 0.25) is 0 Å². The van der Waals surface area contributed by atoms with Crippen LogP contribution in [0.1, 0.15) is 44.4 Å². The lowest BCUT2D eigenvalue weighted by Crippen LogP contribution is -2.10. The summed E-state index contributed by atoms with van der Waals surface area (Å²) in [6.45, 7) is 8.88. The second-order valence-electron chi connectivity index (χ2n) is 7.91. The van der Waals surface area contributed by atoms with Crippen molar-refractivity contribution in [2.45, 2.75) is 33.2 Å². The molecule has 0 N–H and O–H groups in total. The molecule has 0 amide bonds. The maximum absolute atomic E-state index is 4.78. The van der Waals surface area contributed by atoms with Gasteiger partial charge in [0.1, 0.15) is 0 Å². The second kappa shape index (κ2) is 6.42. The van der Waals surface area contributed by atoms with Crippen LogP contribution >= 0.6 is 0 Å². The molecular formula is C26H23NSi. The molecule has 0 saturated heterocycles. The Kier molecular flexibility index (Phi) is 3.99. The van der Waals surface area contributed by atoms with Gasteiger partial charge in [0.25, 0.3) is 0 Å². The summed E-state index contributed by atoms with van der Waals surface area (Å²) in [5, 5.41) is 1.47. The molecule has 28 heavy (non-hydrogen) atoms. The van der Waals surface area contributed by atoms with Crippen LogP contribution < -0.4 is 0 Å². The van der Waals surface area contributed by atoms with Crippen LogP contribution in [-0.2, 0) is 0 Å². The average molecular weight is 378 g/mol. The minimum absolute atomic E-state index is 0.477. The van der Waals surface area contributed by atoms with E-state index in [1.807, 2.05) is 0 Å². The number of hydrogen-bond acceptors (Lipinski definition) is 1. The molecule has 1 heterocycles. The van der Waals surface area contributed by atoms with Crippen LogP contribution in [0.15, 0.2) is 92.8 Å². The predicted molar refractivity (Wildman–Crippen MR) is 121 cm³/mol. The van der Waals surface area contributed by atoms with E-state index >= 15 is 0 Å². The molecule has 2 aliphatic carbocycles. The van der Waals surface area contributed by atoms with Crippen LogP contribution in [0.2, 0.25) is 0 Å². The molecule has 2 aromatic carbocycles. The van der Waals surface area contributed by atoms with E-state index in [-0.39, 0.29) is 0 Å². The zero-order valence-corrected chi connectivity index (χ0v) is 17.8. The lowest BCUT2D eigenvalue weighted by molar-refractivity contribution is 1.12. The molecule has 136 valence electrons. The molecule has 0 bridgehead atoms. The Morgan fingerprint density at radius 2 is 1.61 bits per heavy atom. The molecule has 1 atom stereocenters. The third kappa shape index (κ3) is 2.55. The quantitative estimate of drug-likeness (QED) is 0.543. The normalized spacial score (nSPS) is 20.3. The van der Waals surface area contributed by atoms with Crippen molar-refractivity contribution in [3.05, 3.63) is 98.9 Å². The van der Waals surface area contributed by atoms with Crippen molar-refractivity contribution >= 4 is 21.3 Å². The molecule has 2 radical (unpaired) electrons. The van der Waals surface area contributed by atoms with E-state index in [1.165, 1.54) is 55.4 Å². The fourth-order valence-electron chi connectivity index (χ4n) is 4.57. The van der Waals surface area contributed by atoms with E-state index in [0.717, 1.165) is 15.2 Å². The van der Waals surface area contributed by atoms with E-state index in [0.29, 0.717) is 5.54 Å². The number of fused-ring (bicyclic) bond motifs is 2. The zero-order valence-electron chi connectivity index (χ0n) is 16.8. The number of benzene rings is 2. The SMILES string of the molecule is CC1=Cc2c(-c3ccccc3)cccc2C1[Si]C1=C(C)C2=C(C)C(C)=NC2=C1. The third-order valence-corrected chi connectivity index (χ3v) is 8.07. The minimum Gasteiger partial charge on any atom is -0.253 e.